The van der Waals surface area contributed by atoms with E-state index >= 15 is 0 Å². The number of hydrogen-bond acceptors (Lipinski definition) is 3. The second-order valence-electron chi connectivity index (χ2n) is 6.40. The van der Waals surface area contributed by atoms with Crippen molar-refractivity contribution in [2.45, 2.75) is 26.4 Å². The van der Waals surface area contributed by atoms with E-state index in [4.69, 9.17) is 14.7 Å². The first-order valence-corrected chi connectivity index (χ1v) is 8.64. The molecule has 0 heterocycles. The maximum Gasteiger partial charge on any atom is 0.131 e. The van der Waals surface area contributed by atoms with Crippen molar-refractivity contribution in [2.75, 3.05) is 0 Å². The van der Waals surface area contributed by atoms with Gasteiger partial charge in [0.15, 0.2) is 0 Å². The number of benzene rings is 3. The van der Waals surface area contributed by atoms with E-state index in [1.165, 1.54) is 5.56 Å². The summed E-state index contributed by atoms with van der Waals surface area (Å²) in [6, 6.07) is 25.2. The summed E-state index contributed by atoms with van der Waals surface area (Å²) in [6.07, 6.45) is 0. The summed E-state index contributed by atoms with van der Waals surface area (Å²) in [5, 5.41) is 8.84. The molecule has 0 aliphatic carbocycles. The molecule has 0 aromatic heterocycles. The molecule has 0 fully saturated rings. The van der Waals surface area contributed by atoms with Crippen LogP contribution in [0.4, 0.5) is 0 Å². The molecule has 0 unspecified atom stereocenters. The molecule has 3 nitrogen and oxygen atoms in total. The molecule has 0 aliphatic rings. The highest BCUT2D eigenvalue weighted by atomic mass is 16.5. The van der Waals surface area contributed by atoms with Gasteiger partial charge in [0.1, 0.15) is 23.9 Å². The van der Waals surface area contributed by atoms with Gasteiger partial charge in [-0.05, 0) is 53.4 Å². The van der Waals surface area contributed by atoms with Crippen LogP contribution in [0.1, 0.15) is 36.5 Å². The topological polar surface area (TPSA) is 42.2 Å². The molecular weight excluding hydrogens is 322 g/mol. The zero-order valence-electron chi connectivity index (χ0n) is 15.0. The molecule has 3 rings (SSSR count). The fourth-order valence-corrected chi connectivity index (χ4v) is 2.53. The number of rotatable bonds is 6. The average Bonchev–Trinajstić information content (AvgIpc) is 2.67. The highest BCUT2D eigenvalue weighted by Gasteiger charge is 2.03. The molecule has 3 heteroatoms. The van der Waals surface area contributed by atoms with E-state index in [0.29, 0.717) is 18.1 Å². The Bertz CT molecular complexity index is 891. The van der Waals surface area contributed by atoms with Gasteiger partial charge < -0.3 is 9.47 Å². The van der Waals surface area contributed by atoms with E-state index in [1.54, 1.807) is 12.1 Å². The van der Waals surface area contributed by atoms with Gasteiger partial charge in [-0.3, -0.25) is 0 Å². The smallest absolute Gasteiger partial charge is 0.131 e. The average molecular weight is 343 g/mol. The van der Waals surface area contributed by atoms with Crippen molar-refractivity contribution >= 4 is 0 Å². The van der Waals surface area contributed by atoms with Gasteiger partial charge in [0.05, 0.1) is 11.6 Å². The second kappa shape index (κ2) is 8.22. The van der Waals surface area contributed by atoms with E-state index in [2.05, 4.69) is 32.0 Å². The van der Waals surface area contributed by atoms with Crippen LogP contribution >= 0.6 is 0 Å². The summed E-state index contributed by atoms with van der Waals surface area (Å²) in [5.41, 5.74) is 2.95. The Morgan fingerprint density at radius 2 is 1.54 bits per heavy atom. The minimum absolute atomic E-state index is 0.443. The van der Waals surface area contributed by atoms with Crippen LogP contribution in [0, 0.1) is 11.3 Å². The minimum Gasteiger partial charge on any atom is -0.489 e. The quantitative estimate of drug-likeness (QED) is 0.547. The summed E-state index contributed by atoms with van der Waals surface area (Å²) < 4.78 is 11.8. The van der Waals surface area contributed by atoms with Crippen LogP contribution in [-0.4, -0.2) is 0 Å². The van der Waals surface area contributed by atoms with Gasteiger partial charge in [0.25, 0.3) is 0 Å². The molecule has 0 radical (unpaired) electrons. The molecule has 0 aliphatic heterocycles. The van der Waals surface area contributed by atoms with Gasteiger partial charge in [-0.1, -0.05) is 44.2 Å². The minimum atomic E-state index is 0.443. The SMILES string of the molecule is CC(C)c1ccc(Oc2cccc(OCc3ccc(C#N)cc3)c2)cc1. The van der Waals surface area contributed by atoms with Crippen LogP contribution in [0.2, 0.25) is 0 Å². The monoisotopic (exact) mass is 343 g/mol. The fraction of sp³-hybridized carbons (Fsp3) is 0.174. The molecule has 0 atom stereocenters. The fourth-order valence-electron chi connectivity index (χ4n) is 2.53. The predicted molar refractivity (Wildman–Crippen MR) is 103 cm³/mol. The lowest BCUT2D eigenvalue weighted by molar-refractivity contribution is 0.304. The van der Waals surface area contributed by atoms with Gasteiger partial charge in [0.2, 0.25) is 0 Å². The Balaban J connectivity index is 1.63. The number of nitriles is 1. The molecule has 26 heavy (non-hydrogen) atoms. The van der Waals surface area contributed by atoms with E-state index in [0.717, 1.165) is 22.8 Å². The molecule has 0 N–H and O–H groups in total. The maximum absolute atomic E-state index is 8.84. The third kappa shape index (κ3) is 4.64. The van der Waals surface area contributed by atoms with Crippen molar-refractivity contribution in [1.82, 2.24) is 0 Å². The maximum atomic E-state index is 8.84. The zero-order chi connectivity index (χ0) is 18.4. The van der Waals surface area contributed by atoms with Gasteiger partial charge in [-0.2, -0.15) is 5.26 Å². The Kier molecular flexibility index (Phi) is 5.56. The summed E-state index contributed by atoms with van der Waals surface area (Å²) >= 11 is 0. The lowest BCUT2D eigenvalue weighted by Crippen LogP contribution is -1.95. The summed E-state index contributed by atoms with van der Waals surface area (Å²) in [6.45, 7) is 4.79. The van der Waals surface area contributed by atoms with Gasteiger partial charge >= 0.3 is 0 Å². The van der Waals surface area contributed by atoms with Gasteiger partial charge in [0, 0.05) is 6.07 Å². The third-order valence-electron chi connectivity index (χ3n) is 4.08. The Hall–Kier alpha value is -3.25. The Morgan fingerprint density at radius 3 is 2.19 bits per heavy atom. The molecule has 0 bridgehead atoms. The van der Waals surface area contributed by atoms with Crippen LogP contribution in [0.25, 0.3) is 0 Å². The van der Waals surface area contributed by atoms with Crippen LogP contribution < -0.4 is 9.47 Å². The van der Waals surface area contributed by atoms with Crippen molar-refractivity contribution in [1.29, 1.82) is 5.26 Å². The first-order chi connectivity index (χ1) is 12.6. The molecule has 130 valence electrons. The first kappa shape index (κ1) is 17.6. The lowest BCUT2D eigenvalue weighted by Gasteiger charge is -2.11. The molecule has 0 amide bonds. The van der Waals surface area contributed by atoms with E-state index in [1.807, 2.05) is 48.5 Å². The molecule has 0 spiro atoms. The third-order valence-corrected chi connectivity index (χ3v) is 4.08. The number of ether oxygens (including phenoxy) is 2. The van der Waals surface area contributed by atoms with Crippen molar-refractivity contribution in [3.05, 3.63) is 89.5 Å². The summed E-state index contributed by atoms with van der Waals surface area (Å²) in [4.78, 5) is 0. The van der Waals surface area contributed by atoms with Gasteiger partial charge in [-0.25, -0.2) is 0 Å². The molecular formula is C23H21NO2. The first-order valence-electron chi connectivity index (χ1n) is 8.64. The normalized spacial score (nSPS) is 10.4. The van der Waals surface area contributed by atoms with E-state index in [9.17, 15) is 0 Å². The summed E-state index contributed by atoms with van der Waals surface area (Å²) in [7, 11) is 0. The molecule has 3 aromatic rings. The van der Waals surface area contributed by atoms with Crippen molar-refractivity contribution < 1.29 is 9.47 Å². The predicted octanol–water partition coefficient (Wildman–Crippen LogP) is 6.05. The van der Waals surface area contributed by atoms with Crippen LogP contribution in [0.15, 0.2) is 72.8 Å². The second-order valence-corrected chi connectivity index (χ2v) is 6.40. The lowest BCUT2D eigenvalue weighted by atomic mass is 10.0. The van der Waals surface area contributed by atoms with Crippen molar-refractivity contribution in [2.24, 2.45) is 0 Å². The van der Waals surface area contributed by atoms with Crippen molar-refractivity contribution in [3.8, 4) is 23.3 Å². The molecule has 0 saturated heterocycles. The van der Waals surface area contributed by atoms with Crippen molar-refractivity contribution in [3.63, 3.8) is 0 Å². The zero-order valence-corrected chi connectivity index (χ0v) is 15.0. The highest BCUT2D eigenvalue weighted by Crippen LogP contribution is 2.27. The Morgan fingerprint density at radius 1 is 0.846 bits per heavy atom. The van der Waals surface area contributed by atoms with E-state index in [-0.39, 0.29) is 0 Å². The van der Waals surface area contributed by atoms with Crippen LogP contribution in [0.5, 0.6) is 17.2 Å². The van der Waals surface area contributed by atoms with Gasteiger partial charge in [-0.15, -0.1) is 0 Å². The number of nitrogens with zero attached hydrogens (tertiary/aromatic N) is 1. The van der Waals surface area contributed by atoms with Crippen LogP contribution in [0.3, 0.4) is 0 Å². The number of hydrogen-bond donors (Lipinski definition) is 0. The summed E-state index contributed by atoms with van der Waals surface area (Å²) in [5.74, 6) is 2.78. The van der Waals surface area contributed by atoms with Crippen LogP contribution in [-0.2, 0) is 6.61 Å². The standard InChI is InChI=1S/C23H21NO2/c1-17(2)20-10-12-21(13-11-20)26-23-5-3-4-22(14-23)25-16-19-8-6-18(15-24)7-9-19/h3-14,17H,16H2,1-2H3. The van der Waals surface area contributed by atoms with E-state index < -0.39 is 0 Å². The highest BCUT2D eigenvalue weighted by molar-refractivity contribution is 5.38. The molecule has 0 saturated carbocycles. The largest absolute Gasteiger partial charge is 0.489 e. The Labute approximate surface area is 154 Å². The molecule has 3 aromatic carbocycles.